The van der Waals surface area contributed by atoms with Gasteiger partial charge >= 0.3 is 24.3 Å². The van der Waals surface area contributed by atoms with Crippen LogP contribution in [0.5, 0.6) is 0 Å². The van der Waals surface area contributed by atoms with Gasteiger partial charge in [-0.2, -0.15) is 26.3 Å². The van der Waals surface area contributed by atoms with Crippen LogP contribution in [-0.2, 0) is 14.3 Å². The van der Waals surface area contributed by atoms with Gasteiger partial charge in [0.15, 0.2) is 0 Å². The summed E-state index contributed by atoms with van der Waals surface area (Å²) in [7, 11) is 0. The summed E-state index contributed by atoms with van der Waals surface area (Å²) < 4.78 is 69.7. The topological polar surface area (TPSA) is 142 Å². The highest BCUT2D eigenvalue weighted by atomic mass is 19.4. The third kappa shape index (κ3) is 12.0. The molecule has 0 aromatic heterocycles. The van der Waals surface area contributed by atoms with E-state index in [1.807, 2.05) is 0 Å². The minimum Gasteiger partial charge on any atom is -0.380 e. The fraction of sp³-hybridized carbons (Fsp3) is 0.500. The van der Waals surface area contributed by atoms with Crippen molar-refractivity contribution in [2.24, 2.45) is 0 Å². The van der Waals surface area contributed by atoms with Crippen LogP contribution in [0.2, 0.25) is 0 Å². The van der Waals surface area contributed by atoms with Crippen LogP contribution < -0.4 is 6.15 Å². The number of ether oxygens (including phenoxy) is 1. The van der Waals surface area contributed by atoms with E-state index in [0.717, 1.165) is 0 Å². The molecule has 0 aromatic carbocycles. The first-order chi connectivity index (χ1) is 7.28. The average molecular weight is 290 g/mol. The Bertz CT molecular complexity index is 282. The van der Waals surface area contributed by atoms with Crippen molar-refractivity contribution in [3.05, 3.63) is 10.1 Å². The van der Waals surface area contributed by atoms with Gasteiger partial charge in [-0.25, -0.2) is 9.59 Å². The highest BCUT2D eigenvalue weighted by Gasteiger charge is 2.49. The average Bonchev–Trinajstić information content (AvgIpc) is 1.98. The van der Waals surface area contributed by atoms with Crippen LogP contribution in [0.1, 0.15) is 0 Å². The Kier molecular flexibility index (Phi) is 8.54. The zero-order valence-electron chi connectivity index (χ0n) is 7.91. The van der Waals surface area contributed by atoms with Gasteiger partial charge in [0.1, 0.15) is 0 Å². The molecule has 0 unspecified atom stereocenters. The minimum atomic E-state index is -5.62. The van der Waals surface area contributed by atoms with Crippen LogP contribution in [0.25, 0.3) is 0 Å². The Balaban J connectivity index is -0.000000392. The van der Waals surface area contributed by atoms with Gasteiger partial charge < -0.3 is 16.1 Å². The maximum Gasteiger partial charge on any atom is 0.491 e. The Labute approximate surface area is 92.8 Å². The fourth-order valence-electron chi connectivity index (χ4n) is 0.200. The molecule has 0 atom stereocenters. The van der Waals surface area contributed by atoms with Crippen molar-refractivity contribution in [1.29, 1.82) is 0 Å². The summed E-state index contributed by atoms with van der Waals surface area (Å²) in [5, 5.41) is 13.6. The summed E-state index contributed by atoms with van der Waals surface area (Å²) in [6.45, 7) is 0. The number of rotatable bonds is 0. The Hall–Kier alpha value is -2.12. The molecule has 0 aromatic rings. The van der Waals surface area contributed by atoms with E-state index < -0.39 is 29.4 Å². The summed E-state index contributed by atoms with van der Waals surface area (Å²) in [6, 6.07) is 0. The monoisotopic (exact) mass is 290 g/mol. The second-order valence-electron chi connectivity index (χ2n) is 1.91. The minimum absolute atomic E-state index is 0. The number of hydrogen-bond donors (Lipinski definition) is 2. The van der Waals surface area contributed by atoms with Crippen LogP contribution in [0.3, 0.4) is 0 Å². The van der Waals surface area contributed by atoms with Gasteiger partial charge in [0.2, 0.25) is 0 Å². The van der Waals surface area contributed by atoms with E-state index in [1.165, 1.54) is 0 Å². The zero-order valence-corrected chi connectivity index (χ0v) is 7.91. The van der Waals surface area contributed by atoms with E-state index in [9.17, 15) is 35.9 Å². The van der Waals surface area contributed by atoms with E-state index in [1.54, 1.807) is 0 Å². The van der Waals surface area contributed by atoms with Crippen LogP contribution in [0.15, 0.2) is 0 Å². The van der Waals surface area contributed by atoms with Crippen molar-refractivity contribution in [1.82, 2.24) is 6.15 Å². The van der Waals surface area contributed by atoms with Crippen molar-refractivity contribution in [2.75, 3.05) is 0 Å². The van der Waals surface area contributed by atoms with Gasteiger partial charge in [0.25, 0.3) is 5.09 Å². The molecule has 0 radical (unpaired) electrons. The van der Waals surface area contributed by atoms with Crippen LogP contribution in [0.4, 0.5) is 26.3 Å². The molecule has 18 heavy (non-hydrogen) atoms. The number of hydrogen-bond acceptors (Lipinski definition) is 6. The van der Waals surface area contributed by atoms with Gasteiger partial charge in [-0.1, -0.05) is 0 Å². The van der Waals surface area contributed by atoms with E-state index in [0.29, 0.717) is 0 Å². The van der Waals surface area contributed by atoms with E-state index in [-0.39, 0.29) is 6.15 Å². The van der Waals surface area contributed by atoms with Gasteiger partial charge in [0, 0.05) is 0 Å². The lowest BCUT2D eigenvalue weighted by Crippen LogP contribution is -2.34. The van der Waals surface area contributed by atoms with Crippen LogP contribution in [0, 0.1) is 10.1 Å². The molecule has 0 aliphatic carbocycles. The first kappa shape index (κ1) is 21.2. The predicted octanol–water partition coefficient (Wildman–Crippen LogP) is 0.995. The van der Waals surface area contributed by atoms with E-state index in [4.69, 9.17) is 15.3 Å². The largest absolute Gasteiger partial charge is 0.491 e. The van der Waals surface area contributed by atoms with Crippen molar-refractivity contribution in [2.45, 2.75) is 12.4 Å². The number of carbonyl (C=O) groups is 2. The van der Waals surface area contributed by atoms with Crippen molar-refractivity contribution >= 4 is 11.9 Å². The first-order valence-corrected chi connectivity index (χ1v) is 3.02. The summed E-state index contributed by atoms with van der Waals surface area (Å²) in [4.78, 5) is 27.7. The van der Waals surface area contributed by atoms with Gasteiger partial charge in [-0.05, 0) is 0 Å². The Morgan fingerprint density at radius 3 is 1.28 bits per heavy atom. The molecule has 108 valence electrons. The summed E-state index contributed by atoms with van der Waals surface area (Å²) in [6.07, 6.45) is -11.2. The summed E-state index contributed by atoms with van der Waals surface area (Å²) in [5.41, 5.74) is 0. The van der Waals surface area contributed by atoms with Crippen LogP contribution >= 0.6 is 0 Å². The Morgan fingerprint density at radius 1 is 1.00 bits per heavy atom. The lowest BCUT2D eigenvalue weighted by Gasteiger charge is -2.06. The number of carbonyl (C=O) groups excluding carboxylic acids is 2. The lowest BCUT2D eigenvalue weighted by atomic mass is 10.6. The molecule has 0 aliphatic heterocycles. The van der Waals surface area contributed by atoms with Gasteiger partial charge in [0.05, 0.1) is 0 Å². The van der Waals surface area contributed by atoms with Crippen molar-refractivity contribution in [3.8, 4) is 0 Å². The van der Waals surface area contributed by atoms with E-state index >= 15 is 0 Å². The molecule has 0 fully saturated rings. The third-order valence-corrected chi connectivity index (χ3v) is 0.648. The summed E-state index contributed by atoms with van der Waals surface area (Å²) >= 11 is 0. The number of esters is 2. The molecule has 0 saturated carbocycles. The SMILES string of the molecule is N.O=C(OC(=O)C(F)(F)F)C(F)(F)F.O=[N+]([O-])O. The van der Waals surface area contributed by atoms with Gasteiger partial charge in [-0.15, -0.1) is 10.1 Å². The van der Waals surface area contributed by atoms with Crippen LogP contribution in [-0.4, -0.2) is 34.6 Å². The molecule has 4 N–H and O–H groups in total. The van der Waals surface area contributed by atoms with Gasteiger partial charge in [-0.3, -0.25) is 0 Å². The molecule has 0 heterocycles. The summed E-state index contributed by atoms with van der Waals surface area (Å²) in [5.74, 6) is -6.40. The molecule has 0 saturated heterocycles. The Morgan fingerprint density at radius 2 is 1.17 bits per heavy atom. The highest BCUT2D eigenvalue weighted by Crippen LogP contribution is 2.21. The second kappa shape index (κ2) is 7.25. The number of nitrogens with zero attached hydrogens (tertiary/aromatic N) is 1. The maximum atomic E-state index is 11.2. The fourth-order valence-corrected chi connectivity index (χ4v) is 0.200. The van der Waals surface area contributed by atoms with E-state index in [2.05, 4.69) is 4.74 Å². The molecule has 8 nitrogen and oxygen atoms in total. The van der Waals surface area contributed by atoms with Crippen molar-refractivity contribution < 1.29 is 51.0 Å². The standard InChI is InChI=1S/C4F6O3.HNO3.H3N/c5-3(6,7)1(11)13-2(12)4(8,9)10;2-1(3)4;/h;(H,2,3,4);1H3. The molecule has 0 bridgehead atoms. The molecular formula is C4H4F6N2O6. The predicted molar refractivity (Wildman–Crippen MR) is 37.0 cm³/mol. The van der Waals surface area contributed by atoms with Crippen molar-refractivity contribution in [3.63, 3.8) is 0 Å². The first-order valence-electron chi connectivity index (χ1n) is 3.02. The third-order valence-electron chi connectivity index (χ3n) is 0.648. The zero-order chi connectivity index (χ0) is 14.4. The quantitative estimate of drug-likeness (QED) is 0.223. The highest BCUT2D eigenvalue weighted by molar-refractivity contribution is 5.90. The molecule has 0 amide bonds. The number of alkyl halides is 6. The molecule has 0 spiro atoms. The molecule has 0 rings (SSSR count). The normalized spacial score (nSPS) is 10.3. The smallest absolute Gasteiger partial charge is 0.380 e. The molecule has 0 aliphatic rings. The maximum absolute atomic E-state index is 11.2. The second-order valence-corrected chi connectivity index (χ2v) is 1.91. The number of halogens is 6. The molecular weight excluding hydrogens is 286 g/mol. The lowest BCUT2D eigenvalue weighted by molar-refractivity contribution is -0.742. The molecule has 14 heteroatoms.